The van der Waals surface area contributed by atoms with Gasteiger partial charge in [0.2, 0.25) is 6.23 Å². The molecule has 0 spiro atoms. The van der Waals surface area contributed by atoms with Crippen molar-refractivity contribution in [3.05, 3.63) is 30.3 Å². The van der Waals surface area contributed by atoms with Crippen LogP contribution < -0.4 is 4.74 Å². The number of hydrogen-bond donors (Lipinski definition) is 1. The molecule has 2 aliphatic heterocycles. The van der Waals surface area contributed by atoms with Gasteiger partial charge >= 0.3 is 5.97 Å². The number of aliphatic imine (C=N–C) groups is 1. The lowest BCUT2D eigenvalue weighted by Gasteiger charge is -2.49. The first-order valence-corrected chi connectivity index (χ1v) is 8.73. The first-order valence-electron chi connectivity index (χ1n) is 7.85. The molecule has 1 aromatic rings. The van der Waals surface area contributed by atoms with Crippen molar-refractivity contribution in [1.82, 2.24) is 4.90 Å². The van der Waals surface area contributed by atoms with E-state index in [4.69, 9.17) is 9.47 Å². The van der Waals surface area contributed by atoms with Gasteiger partial charge in [-0.05, 0) is 51.6 Å². The molecule has 0 radical (unpaired) electrons. The smallest absolute Gasteiger partial charge is 0.357 e. The number of carbonyl (C=O) groups excluding carboxylic acids is 2. The second-order valence-corrected chi connectivity index (χ2v) is 8.06. The van der Waals surface area contributed by atoms with Crippen molar-refractivity contribution in [2.24, 2.45) is 4.99 Å². The Hall–Kier alpha value is -2.06. The predicted molar refractivity (Wildman–Crippen MR) is 93.0 cm³/mol. The molecule has 0 aromatic heterocycles. The van der Waals surface area contributed by atoms with Gasteiger partial charge in [0, 0.05) is 0 Å². The normalized spacial score (nSPS) is 26.4. The highest BCUT2D eigenvalue weighted by molar-refractivity contribution is 8.14. The predicted octanol–water partition coefficient (Wildman–Crippen LogP) is 1.76. The summed E-state index contributed by atoms with van der Waals surface area (Å²) in [5.41, 5.74) is -1.80. The van der Waals surface area contributed by atoms with E-state index in [1.54, 1.807) is 39.8 Å². The Kier molecular flexibility index (Phi) is 4.28. The highest BCUT2D eigenvalue weighted by Gasteiger charge is 2.65. The average Bonchev–Trinajstić information content (AvgIpc) is 2.80. The number of aliphatic hydroxyl groups excluding tert-OH is 1. The van der Waals surface area contributed by atoms with Crippen LogP contribution in [-0.2, 0) is 14.3 Å². The number of likely N-dealkylation sites (tertiary alicyclic amines) is 1. The van der Waals surface area contributed by atoms with Crippen molar-refractivity contribution < 1.29 is 24.2 Å². The number of thioether (sulfide) groups is 1. The van der Waals surface area contributed by atoms with Crippen molar-refractivity contribution in [3.8, 4) is 5.75 Å². The number of aliphatic hydroxyl groups is 1. The zero-order valence-corrected chi connectivity index (χ0v) is 15.2. The van der Waals surface area contributed by atoms with Crippen LogP contribution in [-0.4, -0.2) is 49.9 Å². The number of nitrogens with zero attached hydrogens (tertiary/aromatic N) is 2. The quantitative estimate of drug-likeness (QED) is 0.649. The van der Waals surface area contributed by atoms with E-state index in [0.717, 1.165) is 4.90 Å². The highest BCUT2D eigenvalue weighted by atomic mass is 32.2. The molecule has 1 unspecified atom stereocenters. The fraction of sp³-hybridized carbons (Fsp3) is 0.471. The van der Waals surface area contributed by atoms with Gasteiger partial charge < -0.3 is 14.6 Å². The Morgan fingerprint density at radius 1 is 1.36 bits per heavy atom. The molecule has 2 heterocycles. The molecule has 3 atom stereocenters. The van der Waals surface area contributed by atoms with E-state index in [2.05, 4.69) is 4.99 Å². The van der Waals surface area contributed by atoms with Gasteiger partial charge in [0.1, 0.15) is 16.7 Å². The van der Waals surface area contributed by atoms with Crippen molar-refractivity contribution in [3.63, 3.8) is 0 Å². The van der Waals surface area contributed by atoms with Gasteiger partial charge in [0.25, 0.3) is 11.1 Å². The lowest BCUT2D eigenvalue weighted by molar-refractivity contribution is -0.192. The molecule has 1 aromatic carbocycles. The van der Waals surface area contributed by atoms with Crippen LogP contribution in [0.2, 0.25) is 0 Å². The van der Waals surface area contributed by atoms with E-state index in [1.165, 1.54) is 11.8 Å². The summed E-state index contributed by atoms with van der Waals surface area (Å²) in [7, 11) is 0. The second kappa shape index (κ2) is 6.03. The Morgan fingerprint density at radius 2 is 2.00 bits per heavy atom. The first-order chi connectivity index (χ1) is 11.6. The summed E-state index contributed by atoms with van der Waals surface area (Å²) in [5.74, 6) is -0.693. The fourth-order valence-electron chi connectivity index (χ4n) is 2.61. The molecule has 3 rings (SSSR count). The molecule has 0 aliphatic carbocycles. The van der Waals surface area contributed by atoms with Crippen LogP contribution in [0.3, 0.4) is 0 Å². The summed E-state index contributed by atoms with van der Waals surface area (Å²) in [6.07, 6.45) is -1.66. The van der Waals surface area contributed by atoms with E-state index in [9.17, 15) is 14.7 Å². The number of carbonyl (C=O) groups is 2. The number of benzene rings is 1. The third-order valence-electron chi connectivity index (χ3n) is 3.77. The first kappa shape index (κ1) is 17.8. The number of fused-ring (bicyclic) bond motifs is 1. The molecule has 1 amide bonds. The van der Waals surface area contributed by atoms with Gasteiger partial charge in [0.05, 0.1) is 0 Å². The van der Waals surface area contributed by atoms with Gasteiger partial charge in [-0.15, -0.1) is 0 Å². The summed E-state index contributed by atoms with van der Waals surface area (Å²) in [4.78, 5) is 29.9. The molecule has 2 aliphatic rings. The van der Waals surface area contributed by atoms with E-state index in [0.29, 0.717) is 11.0 Å². The molecule has 7 nitrogen and oxygen atoms in total. The molecule has 1 fully saturated rings. The lowest BCUT2D eigenvalue weighted by atomic mass is 9.91. The van der Waals surface area contributed by atoms with E-state index in [1.807, 2.05) is 18.2 Å². The minimum atomic E-state index is -1.66. The van der Waals surface area contributed by atoms with Crippen molar-refractivity contribution in [2.75, 3.05) is 0 Å². The molecular weight excluding hydrogens is 344 g/mol. The monoisotopic (exact) mass is 364 g/mol. The summed E-state index contributed by atoms with van der Waals surface area (Å²) in [6, 6.07) is 9.08. The molecule has 134 valence electrons. The number of rotatable bonds is 3. The summed E-state index contributed by atoms with van der Waals surface area (Å²) in [6.45, 7) is 6.74. The van der Waals surface area contributed by atoms with Crippen LogP contribution in [0.25, 0.3) is 0 Å². The van der Waals surface area contributed by atoms with Crippen LogP contribution in [0.5, 0.6) is 5.75 Å². The Balaban J connectivity index is 1.71. The van der Waals surface area contributed by atoms with E-state index >= 15 is 0 Å². The maximum absolute atomic E-state index is 12.5. The van der Waals surface area contributed by atoms with Crippen LogP contribution in [0.1, 0.15) is 27.7 Å². The molecular formula is C17H20N2O5S. The second-order valence-electron chi connectivity index (χ2n) is 7.03. The topological polar surface area (TPSA) is 88.4 Å². The SMILES string of the molecule is CC(C)(C)OC(=O)C(O)N1C(=O)[C@@]2(C)N=C(Oc3ccccc3)S[C@@H]12. The average molecular weight is 364 g/mol. The Bertz CT molecular complexity index is 730. The maximum atomic E-state index is 12.5. The van der Waals surface area contributed by atoms with Crippen molar-refractivity contribution >= 4 is 28.9 Å². The highest BCUT2D eigenvalue weighted by Crippen LogP contribution is 2.48. The third kappa shape index (κ3) is 3.23. The maximum Gasteiger partial charge on any atom is 0.357 e. The largest absolute Gasteiger partial charge is 0.457 e. The number of esters is 1. The zero-order chi connectivity index (χ0) is 18.4. The van der Waals surface area contributed by atoms with Crippen molar-refractivity contribution in [1.29, 1.82) is 0 Å². The summed E-state index contributed by atoms with van der Waals surface area (Å²) in [5, 5.41) is 10.0. The number of hydrogen-bond acceptors (Lipinski definition) is 7. The molecule has 1 saturated heterocycles. The number of ether oxygens (including phenoxy) is 2. The zero-order valence-electron chi connectivity index (χ0n) is 14.4. The van der Waals surface area contributed by atoms with Crippen molar-refractivity contribution in [2.45, 2.75) is 50.4 Å². The van der Waals surface area contributed by atoms with Gasteiger partial charge in [0.15, 0.2) is 5.54 Å². The van der Waals surface area contributed by atoms with Gasteiger partial charge in [-0.2, -0.15) is 0 Å². The standard InChI is InChI=1S/C17H20N2O5S/c1-16(2,3)24-12(21)11(20)19-13(22)17(4)14(19)25-15(18-17)23-10-8-6-5-7-9-10/h5-9,11,14,20H,1-4H3/t11?,14-,17-/m1/s1. The number of amides is 1. The fourth-order valence-corrected chi connectivity index (χ4v) is 3.89. The van der Waals surface area contributed by atoms with Crippen LogP contribution in [0.15, 0.2) is 35.3 Å². The summed E-state index contributed by atoms with van der Waals surface area (Å²) < 4.78 is 10.8. The lowest BCUT2D eigenvalue weighted by Crippen LogP contribution is -2.72. The molecule has 1 N–H and O–H groups in total. The summed E-state index contributed by atoms with van der Waals surface area (Å²) >= 11 is 1.19. The molecule has 8 heteroatoms. The van der Waals surface area contributed by atoms with Gasteiger partial charge in [-0.1, -0.05) is 18.2 Å². The number of β-lactam (4-membered cyclic amide) rings is 1. The molecule has 0 bridgehead atoms. The Morgan fingerprint density at radius 3 is 2.60 bits per heavy atom. The minimum Gasteiger partial charge on any atom is -0.457 e. The molecule has 25 heavy (non-hydrogen) atoms. The van der Waals surface area contributed by atoms with Gasteiger partial charge in [-0.25, -0.2) is 9.79 Å². The number of para-hydroxylation sites is 1. The van der Waals surface area contributed by atoms with E-state index < -0.39 is 34.6 Å². The molecule has 0 saturated carbocycles. The Labute approximate surface area is 150 Å². The third-order valence-corrected chi connectivity index (χ3v) is 5.05. The van der Waals surface area contributed by atoms with Gasteiger partial charge in [-0.3, -0.25) is 9.69 Å². The van der Waals surface area contributed by atoms with Crippen LogP contribution in [0, 0.1) is 0 Å². The van der Waals surface area contributed by atoms with Crippen LogP contribution >= 0.6 is 11.8 Å². The minimum absolute atomic E-state index is 0.325. The van der Waals surface area contributed by atoms with E-state index in [-0.39, 0.29) is 0 Å². The van der Waals surface area contributed by atoms with Crippen LogP contribution in [0.4, 0.5) is 0 Å².